The van der Waals surface area contributed by atoms with E-state index in [0.717, 1.165) is 55.1 Å². The summed E-state index contributed by atoms with van der Waals surface area (Å²) in [7, 11) is 0. The van der Waals surface area contributed by atoms with Crippen LogP contribution in [0.25, 0.3) is 54.3 Å². The second-order valence-electron chi connectivity index (χ2n) is 12.1. The summed E-state index contributed by atoms with van der Waals surface area (Å²) in [6, 6.07) is 44.8. The third kappa shape index (κ3) is 3.32. The van der Waals surface area contributed by atoms with Crippen molar-refractivity contribution in [3.63, 3.8) is 0 Å². The van der Waals surface area contributed by atoms with Crippen LogP contribution in [0.15, 0.2) is 132 Å². The normalized spacial score (nSPS) is 13.8. The minimum absolute atomic E-state index is 0.103. The van der Waals surface area contributed by atoms with Crippen molar-refractivity contribution < 1.29 is 4.42 Å². The molecule has 0 fully saturated rings. The average Bonchev–Trinajstić information content (AvgIpc) is 3.59. The zero-order valence-electron chi connectivity index (χ0n) is 24.4. The summed E-state index contributed by atoms with van der Waals surface area (Å²) in [5.74, 6) is 0. The van der Waals surface area contributed by atoms with Gasteiger partial charge in [-0.1, -0.05) is 74.5 Å². The molecule has 0 radical (unpaired) electrons. The highest BCUT2D eigenvalue weighted by atomic mass is 16.3. The van der Waals surface area contributed by atoms with Crippen molar-refractivity contribution in [2.75, 3.05) is 4.90 Å². The number of aromatic nitrogens is 1. The Morgan fingerprint density at radius 2 is 1.16 bits per heavy atom. The largest absolute Gasteiger partial charge is 0.456 e. The summed E-state index contributed by atoms with van der Waals surface area (Å²) < 4.78 is 8.88. The van der Waals surface area contributed by atoms with Gasteiger partial charge >= 0.3 is 0 Å². The van der Waals surface area contributed by atoms with Gasteiger partial charge in [-0.15, -0.1) is 0 Å². The van der Waals surface area contributed by atoms with E-state index in [2.05, 4.69) is 137 Å². The Hall–Kier alpha value is -5.79. The van der Waals surface area contributed by atoms with Gasteiger partial charge in [-0.05, 0) is 71.1 Å². The van der Waals surface area contributed by atoms with Crippen molar-refractivity contribution in [3.05, 3.63) is 150 Å². The number of hydrogen-bond donors (Lipinski definition) is 0. The Morgan fingerprint density at radius 1 is 0.568 bits per heavy atom. The van der Waals surface area contributed by atoms with E-state index in [1.807, 2.05) is 18.2 Å². The third-order valence-electron chi connectivity index (χ3n) is 9.38. The van der Waals surface area contributed by atoms with Crippen molar-refractivity contribution in [2.24, 2.45) is 0 Å². The maximum atomic E-state index is 7.51. The molecule has 4 nitrogen and oxygen atoms in total. The molecule has 208 valence electrons. The summed E-state index contributed by atoms with van der Waals surface area (Å²) >= 11 is 0. The van der Waals surface area contributed by atoms with E-state index in [1.54, 1.807) is 0 Å². The molecule has 9 rings (SSSR count). The molecule has 3 heterocycles. The number of para-hydroxylation sites is 3. The highest BCUT2D eigenvalue weighted by molar-refractivity contribution is 6.11. The molecule has 0 amide bonds. The summed E-state index contributed by atoms with van der Waals surface area (Å²) in [6.07, 6.45) is 0. The topological polar surface area (TPSA) is 25.7 Å². The fourth-order valence-corrected chi connectivity index (χ4v) is 7.29. The average molecular weight is 566 g/mol. The lowest BCUT2D eigenvalue weighted by atomic mass is 9.73. The van der Waals surface area contributed by atoms with Gasteiger partial charge in [0, 0.05) is 45.1 Å². The lowest BCUT2D eigenvalue weighted by molar-refractivity contribution is 0.632. The van der Waals surface area contributed by atoms with E-state index in [1.165, 1.54) is 22.5 Å². The Morgan fingerprint density at radius 3 is 1.86 bits per heavy atom. The van der Waals surface area contributed by atoms with Crippen LogP contribution < -0.4 is 4.90 Å². The van der Waals surface area contributed by atoms with E-state index in [9.17, 15) is 0 Å². The molecular weight excluding hydrogens is 538 g/mol. The molecule has 2 aromatic heterocycles. The summed E-state index contributed by atoms with van der Waals surface area (Å²) in [4.78, 5) is 6.03. The lowest BCUT2D eigenvalue weighted by Gasteiger charge is -2.41. The SMILES string of the molecule is [C-]#[N+]c1ccc2c(c1)c1ccccc1n2-c1ccc2c(c1)oc1cc(N3c4ccccc4C(C)(C)c4ccccc43)ccc12. The van der Waals surface area contributed by atoms with Gasteiger partial charge in [0.2, 0.25) is 0 Å². The smallest absolute Gasteiger partial charge is 0.188 e. The van der Waals surface area contributed by atoms with Crippen LogP contribution in [0.5, 0.6) is 0 Å². The zero-order chi connectivity index (χ0) is 29.6. The molecule has 0 unspecified atom stereocenters. The number of fused-ring (bicyclic) bond motifs is 8. The first-order valence-corrected chi connectivity index (χ1v) is 14.9. The first-order valence-electron chi connectivity index (χ1n) is 14.9. The first-order chi connectivity index (χ1) is 21.5. The highest BCUT2D eigenvalue weighted by Gasteiger charge is 2.36. The Labute approximate surface area is 254 Å². The quantitative estimate of drug-likeness (QED) is 0.195. The number of benzene rings is 6. The van der Waals surface area contributed by atoms with E-state index < -0.39 is 0 Å². The predicted octanol–water partition coefficient (Wildman–Crippen LogP) is 11.3. The fraction of sp³-hybridized carbons (Fsp3) is 0.0750. The molecule has 0 N–H and O–H groups in total. The van der Waals surface area contributed by atoms with E-state index in [-0.39, 0.29) is 5.41 Å². The molecule has 0 saturated heterocycles. The number of rotatable bonds is 2. The molecule has 0 atom stereocenters. The van der Waals surface area contributed by atoms with Gasteiger partial charge in [-0.25, -0.2) is 4.85 Å². The maximum absolute atomic E-state index is 7.51. The first kappa shape index (κ1) is 24.8. The highest BCUT2D eigenvalue weighted by Crippen LogP contribution is 2.52. The van der Waals surface area contributed by atoms with Gasteiger partial charge < -0.3 is 13.9 Å². The summed E-state index contributed by atoms with van der Waals surface area (Å²) in [5.41, 5.74) is 11.5. The summed E-state index contributed by atoms with van der Waals surface area (Å²) in [5, 5.41) is 4.39. The van der Waals surface area contributed by atoms with Crippen LogP contribution in [0.2, 0.25) is 0 Å². The van der Waals surface area contributed by atoms with Crippen molar-refractivity contribution >= 4 is 66.5 Å². The minimum atomic E-state index is -0.103. The molecule has 1 aliphatic rings. The molecular formula is C40H27N3O. The van der Waals surface area contributed by atoms with Crippen LogP contribution >= 0.6 is 0 Å². The van der Waals surface area contributed by atoms with Crippen LogP contribution in [0.4, 0.5) is 22.7 Å². The van der Waals surface area contributed by atoms with Crippen molar-refractivity contribution in [1.29, 1.82) is 0 Å². The molecule has 0 spiro atoms. The molecule has 1 aliphatic heterocycles. The number of anilines is 3. The van der Waals surface area contributed by atoms with Gasteiger partial charge in [-0.2, -0.15) is 0 Å². The van der Waals surface area contributed by atoms with E-state index in [0.29, 0.717) is 5.69 Å². The molecule has 0 saturated carbocycles. The fourth-order valence-electron chi connectivity index (χ4n) is 7.29. The van der Waals surface area contributed by atoms with Crippen LogP contribution in [-0.2, 0) is 5.41 Å². The van der Waals surface area contributed by atoms with Crippen LogP contribution in [0.3, 0.4) is 0 Å². The standard InChI is InChI=1S/C40H27N3O/c1-40(2)32-11-5-8-14-36(32)43(37-15-9-6-12-33(37)40)27-18-20-30-29-19-17-26(23-38(29)44-39(30)24-27)42-34-13-7-4-10-28(34)31-22-25(41-3)16-21-35(31)42/h4-24H,1-2H3. The number of hydrogen-bond acceptors (Lipinski definition) is 2. The van der Waals surface area contributed by atoms with Gasteiger partial charge in [-0.3, -0.25) is 0 Å². The van der Waals surface area contributed by atoms with Gasteiger partial charge in [0.05, 0.1) is 29.0 Å². The van der Waals surface area contributed by atoms with E-state index in [4.69, 9.17) is 11.0 Å². The van der Waals surface area contributed by atoms with Gasteiger partial charge in [0.25, 0.3) is 0 Å². The summed E-state index contributed by atoms with van der Waals surface area (Å²) in [6.45, 7) is 12.1. The predicted molar refractivity (Wildman–Crippen MR) is 181 cm³/mol. The zero-order valence-corrected chi connectivity index (χ0v) is 24.4. The molecule has 8 aromatic rings. The maximum Gasteiger partial charge on any atom is 0.188 e. The number of nitrogens with zero attached hydrogens (tertiary/aromatic N) is 3. The number of furan rings is 1. The van der Waals surface area contributed by atoms with Crippen molar-refractivity contribution in [2.45, 2.75) is 19.3 Å². The molecule has 4 heteroatoms. The van der Waals surface area contributed by atoms with Gasteiger partial charge in [0.1, 0.15) is 11.2 Å². The third-order valence-corrected chi connectivity index (χ3v) is 9.38. The van der Waals surface area contributed by atoms with Crippen LogP contribution in [0.1, 0.15) is 25.0 Å². The minimum Gasteiger partial charge on any atom is -0.456 e. The van der Waals surface area contributed by atoms with Crippen LogP contribution in [0, 0.1) is 6.57 Å². The van der Waals surface area contributed by atoms with Gasteiger partial charge in [0.15, 0.2) is 5.69 Å². The molecule has 0 aliphatic carbocycles. The molecule has 0 bridgehead atoms. The molecule has 44 heavy (non-hydrogen) atoms. The van der Waals surface area contributed by atoms with Crippen molar-refractivity contribution in [3.8, 4) is 5.69 Å². The second kappa shape index (κ2) is 8.86. The van der Waals surface area contributed by atoms with E-state index >= 15 is 0 Å². The lowest BCUT2D eigenvalue weighted by Crippen LogP contribution is -2.30. The monoisotopic (exact) mass is 565 g/mol. The Balaban J connectivity index is 1.22. The second-order valence-corrected chi connectivity index (χ2v) is 12.1. The Bertz CT molecular complexity index is 2460. The van der Waals surface area contributed by atoms with Crippen molar-refractivity contribution in [1.82, 2.24) is 4.57 Å². The van der Waals surface area contributed by atoms with Crippen LogP contribution in [-0.4, -0.2) is 4.57 Å². The molecule has 6 aromatic carbocycles. The Kier molecular flexibility index (Phi) is 4.99.